The molecule has 1 heterocycles. The third-order valence-electron chi connectivity index (χ3n) is 3.12. The van der Waals surface area contributed by atoms with Crippen LogP contribution in [-0.4, -0.2) is 9.55 Å². The molecule has 2 aromatic rings. The summed E-state index contributed by atoms with van der Waals surface area (Å²) in [5.41, 5.74) is 10.8. The molecule has 3 nitrogen and oxygen atoms in total. The van der Waals surface area contributed by atoms with Crippen molar-refractivity contribution in [3.8, 4) is 0 Å². The Morgan fingerprint density at radius 2 is 1.94 bits per heavy atom. The van der Waals surface area contributed by atoms with Gasteiger partial charge in [-0.25, -0.2) is 4.98 Å². The van der Waals surface area contributed by atoms with E-state index in [0.717, 1.165) is 17.9 Å². The van der Waals surface area contributed by atoms with E-state index >= 15 is 0 Å². The van der Waals surface area contributed by atoms with E-state index in [2.05, 4.69) is 42.5 Å². The van der Waals surface area contributed by atoms with Gasteiger partial charge in [-0.3, -0.25) is 0 Å². The van der Waals surface area contributed by atoms with E-state index < -0.39 is 0 Å². The van der Waals surface area contributed by atoms with Crippen LogP contribution in [0.5, 0.6) is 0 Å². The predicted molar refractivity (Wildman–Crippen MR) is 67.5 cm³/mol. The van der Waals surface area contributed by atoms with E-state index in [0.29, 0.717) is 0 Å². The molecule has 2 rings (SSSR count). The average Bonchev–Trinajstić information content (AvgIpc) is 2.57. The summed E-state index contributed by atoms with van der Waals surface area (Å²) in [6.07, 6.45) is 0. The van der Waals surface area contributed by atoms with Crippen LogP contribution in [0.4, 0.5) is 0 Å². The van der Waals surface area contributed by atoms with Crippen molar-refractivity contribution in [1.29, 1.82) is 0 Å². The lowest BCUT2D eigenvalue weighted by Gasteiger charge is -2.08. The minimum atomic E-state index is -0.0204. The maximum atomic E-state index is 5.95. The lowest BCUT2D eigenvalue weighted by molar-refractivity contribution is 0.650. The number of rotatable bonds is 2. The molecule has 0 aliphatic heterocycles. The number of imidazole rings is 1. The summed E-state index contributed by atoms with van der Waals surface area (Å²) in [5, 5.41) is 0. The molecule has 0 bridgehead atoms. The minimum absolute atomic E-state index is 0.0204. The zero-order chi connectivity index (χ0) is 11.9. The highest BCUT2D eigenvalue weighted by Gasteiger charge is 2.13. The molecule has 0 aliphatic rings. The molecule has 0 aliphatic carbocycles. The van der Waals surface area contributed by atoms with Crippen molar-refractivity contribution in [1.82, 2.24) is 9.55 Å². The fraction of sp³-hybridized carbons (Fsp3) is 0.462. The largest absolute Gasteiger partial charge is 0.327 e. The van der Waals surface area contributed by atoms with E-state index in [-0.39, 0.29) is 6.04 Å². The van der Waals surface area contributed by atoms with E-state index in [4.69, 9.17) is 5.73 Å². The van der Waals surface area contributed by atoms with Gasteiger partial charge in [0, 0.05) is 6.54 Å². The van der Waals surface area contributed by atoms with Crippen LogP contribution in [0.1, 0.15) is 36.8 Å². The van der Waals surface area contributed by atoms with Gasteiger partial charge in [0.2, 0.25) is 0 Å². The lowest BCUT2D eigenvalue weighted by Crippen LogP contribution is -2.12. The first kappa shape index (κ1) is 11.1. The van der Waals surface area contributed by atoms with Crippen molar-refractivity contribution in [2.24, 2.45) is 5.73 Å². The van der Waals surface area contributed by atoms with Crippen LogP contribution in [-0.2, 0) is 6.54 Å². The number of benzene rings is 1. The maximum absolute atomic E-state index is 5.95. The zero-order valence-electron chi connectivity index (χ0n) is 10.4. The summed E-state index contributed by atoms with van der Waals surface area (Å²) < 4.78 is 2.20. The first-order valence-electron chi connectivity index (χ1n) is 5.77. The summed E-state index contributed by atoms with van der Waals surface area (Å²) in [6, 6.07) is 4.32. The second-order valence-electron chi connectivity index (χ2n) is 4.43. The smallest absolute Gasteiger partial charge is 0.126 e. The third kappa shape index (κ3) is 1.61. The second-order valence-corrected chi connectivity index (χ2v) is 4.43. The van der Waals surface area contributed by atoms with E-state index in [1.807, 2.05) is 6.92 Å². The Morgan fingerprint density at radius 1 is 1.31 bits per heavy atom. The third-order valence-corrected chi connectivity index (χ3v) is 3.12. The van der Waals surface area contributed by atoms with E-state index in [9.17, 15) is 0 Å². The van der Waals surface area contributed by atoms with Gasteiger partial charge in [-0.05, 0) is 51.0 Å². The van der Waals surface area contributed by atoms with Crippen molar-refractivity contribution < 1.29 is 0 Å². The highest BCUT2D eigenvalue weighted by Crippen LogP contribution is 2.22. The van der Waals surface area contributed by atoms with Crippen molar-refractivity contribution in [3.63, 3.8) is 0 Å². The molecular formula is C13H19N3. The second kappa shape index (κ2) is 3.91. The number of fused-ring (bicyclic) bond motifs is 1. The summed E-state index contributed by atoms with van der Waals surface area (Å²) in [6.45, 7) is 9.27. The number of nitrogens with two attached hydrogens (primary N) is 1. The molecule has 16 heavy (non-hydrogen) atoms. The van der Waals surface area contributed by atoms with Crippen molar-refractivity contribution in [3.05, 3.63) is 29.1 Å². The molecule has 0 radical (unpaired) electrons. The fourth-order valence-corrected chi connectivity index (χ4v) is 2.08. The first-order valence-corrected chi connectivity index (χ1v) is 5.77. The predicted octanol–water partition coefficient (Wildman–Crippen LogP) is 2.69. The molecule has 0 saturated carbocycles. The molecule has 0 fully saturated rings. The van der Waals surface area contributed by atoms with Gasteiger partial charge < -0.3 is 10.3 Å². The molecule has 1 aromatic carbocycles. The van der Waals surface area contributed by atoms with Gasteiger partial charge in [-0.1, -0.05) is 0 Å². The van der Waals surface area contributed by atoms with Gasteiger partial charge in [0.25, 0.3) is 0 Å². The molecular weight excluding hydrogens is 198 g/mol. The monoisotopic (exact) mass is 217 g/mol. The van der Waals surface area contributed by atoms with Gasteiger partial charge in [-0.15, -0.1) is 0 Å². The number of aryl methyl sites for hydroxylation is 3. The quantitative estimate of drug-likeness (QED) is 0.840. The van der Waals surface area contributed by atoms with Gasteiger partial charge in [0.05, 0.1) is 17.1 Å². The summed E-state index contributed by atoms with van der Waals surface area (Å²) in [7, 11) is 0. The van der Waals surface area contributed by atoms with Crippen molar-refractivity contribution in [2.45, 2.75) is 40.3 Å². The van der Waals surface area contributed by atoms with Crippen LogP contribution >= 0.6 is 0 Å². The number of hydrogen-bond acceptors (Lipinski definition) is 2. The maximum Gasteiger partial charge on any atom is 0.126 e. The standard InChI is InChI=1S/C13H19N3/c1-5-16-12-7-9(3)8(2)6-11(12)15-13(16)10(4)14/h6-7,10H,5,14H2,1-4H3/t10-/m1/s1. The Kier molecular flexibility index (Phi) is 2.72. The molecule has 0 amide bonds. The van der Waals surface area contributed by atoms with Gasteiger partial charge >= 0.3 is 0 Å². The highest BCUT2D eigenvalue weighted by molar-refractivity contribution is 5.78. The van der Waals surface area contributed by atoms with Crippen molar-refractivity contribution >= 4 is 11.0 Å². The molecule has 86 valence electrons. The lowest BCUT2D eigenvalue weighted by atomic mass is 10.1. The molecule has 1 aromatic heterocycles. The summed E-state index contributed by atoms with van der Waals surface area (Å²) in [5.74, 6) is 0.975. The van der Waals surface area contributed by atoms with Gasteiger partial charge in [-0.2, -0.15) is 0 Å². The van der Waals surface area contributed by atoms with Crippen molar-refractivity contribution in [2.75, 3.05) is 0 Å². The number of aromatic nitrogens is 2. The van der Waals surface area contributed by atoms with Gasteiger partial charge in [0.1, 0.15) is 5.82 Å². The highest BCUT2D eigenvalue weighted by atomic mass is 15.1. The van der Waals surface area contributed by atoms with Crippen LogP contribution in [0.15, 0.2) is 12.1 Å². The van der Waals surface area contributed by atoms with E-state index in [1.54, 1.807) is 0 Å². The average molecular weight is 217 g/mol. The minimum Gasteiger partial charge on any atom is -0.327 e. The Bertz CT molecular complexity index is 523. The SMILES string of the molecule is CCn1c([C@@H](C)N)nc2cc(C)c(C)cc21. The normalized spacial score (nSPS) is 13.3. The van der Waals surface area contributed by atoms with Crippen LogP contribution < -0.4 is 5.73 Å². The molecule has 0 saturated heterocycles. The summed E-state index contributed by atoms with van der Waals surface area (Å²) >= 11 is 0. The summed E-state index contributed by atoms with van der Waals surface area (Å²) in [4.78, 5) is 4.62. The first-order chi connectivity index (χ1) is 7.54. The topological polar surface area (TPSA) is 43.8 Å². The van der Waals surface area contributed by atoms with Crippen LogP contribution in [0.2, 0.25) is 0 Å². The van der Waals surface area contributed by atoms with Crippen LogP contribution in [0, 0.1) is 13.8 Å². The number of nitrogens with zero attached hydrogens (tertiary/aromatic N) is 2. The Labute approximate surface area is 96.3 Å². The molecule has 2 N–H and O–H groups in total. The molecule has 3 heteroatoms. The van der Waals surface area contributed by atoms with E-state index in [1.165, 1.54) is 16.6 Å². The number of hydrogen-bond donors (Lipinski definition) is 1. The fourth-order valence-electron chi connectivity index (χ4n) is 2.08. The molecule has 0 unspecified atom stereocenters. The Hall–Kier alpha value is -1.35. The molecule has 1 atom stereocenters. The zero-order valence-corrected chi connectivity index (χ0v) is 10.4. The van der Waals surface area contributed by atoms with Gasteiger partial charge in [0.15, 0.2) is 0 Å². The molecule has 0 spiro atoms. The Balaban J connectivity index is 2.77. The Morgan fingerprint density at radius 3 is 2.50 bits per heavy atom. The van der Waals surface area contributed by atoms with Crippen LogP contribution in [0.25, 0.3) is 11.0 Å². The van der Waals surface area contributed by atoms with Crippen LogP contribution in [0.3, 0.4) is 0 Å².